The van der Waals surface area contributed by atoms with Crippen LogP contribution >= 0.6 is 0 Å². The summed E-state index contributed by atoms with van der Waals surface area (Å²) < 4.78 is 17.9. The van der Waals surface area contributed by atoms with Gasteiger partial charge < -0.3 is 29.3 Å². The summed E-state index contributed by atoms with van der Waals surface area (Å²) in [4.78, 5) is 2.43. The van der Waals surface area contributed by atoms with Crippen LogP contribution in [-0.4, -0.2) is 53.7 Å². The molecule has 6 rings (SSSR count). The Morgan fingerprint density at radius 2 is 2.15 bits per heavy atom. The van der Waals surface area contributed by atoms with E-state index in [-0.39, 0.29) is 24.9 Å². The number of likely N-dealkylation sites (N-methyl/N-ethyl adjacent to an activating group) is 1. The second-order valence-corrected chi connectivity index (χ2v) is 8.70. The highest BCUT2D eigenvalue weighted by Crippen LogP contribution is 2.64. The maximum absolute atomic E-state index is 11.0. The Labute approximate surface area is 158 Å². The van der Waals surface area contributed by atoms with E-state index in [1.807, 2.05) is 6.92 Å². The predicted octanol–water partition coefficient (Wildman–Crippen LogP) is 1.24. The fourth-order valence-corrected chi connectivity index (χ4v) is 6.46. The molecule has 0 radical (unpaired) electrons. The molecule has 0 unspecified atom stereocenters. The minimum Gasteiger partial charge on any atom is -0.482 e. The van der Waals surface area contributed by atoms with Crippen LogP contribution in [0.2, 0.25) is 0 Å². The molecule has 2 aliphatic carbocycles. The molecule has 1 spiro atoms. The van der Waals surface area contributed by atoms with E-state index in [0.717, 1.165) is 41.8 Å². The number of piperidine rings is 1. The predicted molar refractivity (Wildman–Crippen MR) is 96.7 cm³/mol. The van der Waals surface area contributed by atoms with Gasteiger partial charge in [-0.1, -0.05) is 6.08 Å². The molecule has 2 bridgehead atoms. The molecule has 1 aromatic rings. The number of hydrogen-bond donors (Lipinski definition) is 2. The average Bonchev–Trinajstić information content (AvgIpc) is 3.02. The van der Waals surface area contributed by atoms with Crippen LogP contribution in [0.25, 0.3) is 0 Å². The standard InChI is InChI=1S/C21H25NO5/c1-10-5-14-15-6-11-12(7-23)13-8-25-9-26-18(13)19-16(11)21(14,3-4-22(15)2)20(27-19)17(10)24/h5,14-15,17,20,23-24H,3-4,6-9H2,1-2H3/t14-,15+,17-,20-,21-/m0/s1. The summed E-state index contributed by atoms with van der Waals surface area (Å²) in [5.41, 5.74) is 4.99. The molecule has 5 aliphatic rings. The summed E-state index contributed by atoms with van der Waals surface area (Å²) in [6.07, 6.45) is 3.20. The first-order valence-corrected chi connectivity index (χ1v) is 9.83. The number of benzene rings is 1. The molecule has 1 fully saturated rings. The van der Waals surface area contributed by atoms with Crippen molar-refractivity contribution in [1.82, 2.24) is 4.90 Å². The number of rotatable bonds is 1. The van der Waals surface area contributed by atoms with Gasteiger partial charge in [0.05, 0.1) is 13.2 Å². The largest absolute Gasteiger partial charge is 0.482 e. The van der Waals surface area contributed by atoms with Gasteiger partial charge >= 0.3 is 0 Å². The van der Waals surface area contributed by atoms with Crippen LogP contribution in [0, 0.1) is 5.92 Å². The van der Waals surface area contributed by atoms with Gasteiger partial charge in [0.25, 0.3) is 0 Å². The summed E-state index contributed by atoms with van der Waals surface area (Å²) >= 11 is 0. The first-order chi connectivity index (χ1) is 13.1. The zero-order valence-corrected chi connectivity index (χ0v) is 15.7. The summed E-state index contributed by atoms with van der Waals surface area (Å²) in [6, 6.07) is 0.347. The Morgan fingerprint density at radius 3 is 2.96 bits per heavy atom. The number of aliphatic hydroxyl groups excluding tert-OH is 2. The van der Waals surface area contributed by atoms with E-state index in [1.54, 1.807) is 0 Å². The number of likely N-dealkylation sites (tertiary alicyclic amines) is 1. The SMILES string of the molecule is CC1=C[C@H]2[C@H]3Cc4c(CO)c5c(c6c4[C@@]2(CCN3C)[C@@H](O6)[C@H]1O)OCOC5. The Morgan fingerprint density at radius 1 is 1.30 bits per heavy atom. The fraction of sp³-hybridized carbons (Fsp3) is 0.619. The molecule has 3 heterocycles. The Balaban J connectivity index is 1.70. The number of aliphatic hydroxyl groups is 2. The summed E-state index contributed by atoms with van der Waals surface area (Å²) in [7, 11) is 2.19. The number of fused-ring (bicyclic) bond motifs is 2. The van der Waals surface area contributed by atoms with Gasteiger partial charge in [0.1, 0.15) is 12.2 Å². The van der Waals surface area contributed by atoms with Gasteiger partial charge in [-0.05, 0) is 50.1 Å². The summed E-state index contributed by atoms with van der Waals surface area (Å²) in [6.45, 7) is 3.58. The smallest absolute Gasteiger partial charge is 0.189 e. The zero-order chi connectivity index (χ0) is 18.5. The van der Waals surface area contributed by atoms with Crippen LogP contribution in [0.4, 0.5) is 0 Å². The molecule has 144 valence electrons. The highest BCUT2D eigenvalue weighted by atomic mass is 16.7. The van der Waals surface area contributed by atoms with Gasteiger partial charge in [-0.25, -0.2) is 0 Å². The highest BCUT2D eigenvalue weighted by Gasteiger charge is 2.65. The molecule has 3 aliphatic heterocycles. The molecule has 6 heteroatoms. The molecule has 0 aromatic heterocycles. The first-order valence-electron chi connectivity index (χ1n) is 9.83. The lowest BCUT2D eigenvalue weighted by molar-refractivity contribution is -0.0516. The topological polar surface area (TPSA) is 71.4 Å². The Kier molecular flexibility index (Phi) is 3.19. The lowest BCUT2D eigenvalue weighted by atomic mass is 9.52. The number of ether oxygens (including phenoxy) is 3. The quantitative estimate of drug-likeness (QED) is 0.724. The average molecular weight is 371 g/mol. The third-order valence-corrected chi connectivity index (χ3v) is 7.71. The third kappa shape index (κ3) is 1.76. The fourth-order valence-electron chi connectivity index (χ4n) is 6.46. The van der Waals surface area contributed by atoms with Crippen molar-refractivity contribution >= 4 is 0 Å². The first kappa shape index (κ1) is 16.4. The summed E-state index contributed by atoms with van der Waals surface area (Å²) in [5.74, 6) is 1.82. The second-order valence-electron chi connectivity index (χ2n) is 8.70. The van der Waals surface area contributed by atoms with Gasteiger partial charge in [0.2, 0.25) is 0 Å². The molecule has 2 N–H and O–H groups in total. The molecule has 6 nitrogen and oxygen atoms in total. The molecule has 0 saturated carbocycles. The van der Waals surface area contributed by atoms with Crippen LogP contribution in [0.15, 0.2) is 11.6 Å². The van der Waals surface area contributed by atoms with E-state index in [9.17, 15) is 10.2 Å². The van der Waals surface area contributed by atoms with E-state index in [2.05, 4.69) is 18.0 Å². The van der Waals surface area contributed by atoms with Gasteiger partial charge in [0, 0.05) is 28.5 Å². The van der Waals surface area contributed by atoms with Gasteiger partial charge in [0.15, 0.2) is 18.3 Å². The molecule has 1 aromatic carbocycles. The van der Waals surface area contributed by atoms with Crippen LogP contribution in [0.5, 0.6) is 11.5 Å². The highest BCUT2D eigenvalue weighted by molar-refractivity contribution is 5.68. The van der Waals surface area contributed by atoms with Crippen molar-refractivity contribution in [2.75, 3.05) is 20.4 Å². The monoisotopic (exact) mass is 371 g/mol. The number of nitrogens with zero attached hydrogens (tertiary/aromatic N) is 1. The molecule has 1 saturated heterocycles. The van der Waals surface area contributed by atoms with Crippen LogP contribution in [0.3, 0.4) is 0 Å². The van der Waals surface area contributed by atoms with E-state index in [0.29, 0.717) is 24.3 Å². The van der Waals surface area contributed by atoms with E-state index in [4.69, 9.17) is 14.2 Å². The van der Waals surface area contributed by atoms with Crippen molar-refractivity contribution < 1.29 is 24.4 Å². The Bertz CT molecular complexity index is 880. The van der Waals surface area contributed by atoms with E-state index >= 15 is 0 Å². The van der Waals surface area contributed by atoms with Gasteiger partial charge in [-0.15, -0.1) is 0 Å². The van der Waals surface area contributed by atoms with E-state index < -0.39 is 6.10 Å². The molecule has 0 amide bonds. The normalized spacial score (nSPS) is 38.4. The van der Waals surface area contributed by atoms with Crippen LogP contribution in [-0.2, 0) is 29.8 Å². The van der Waals surface area contributed by atoms with Crippen molar-refractivity contribution in [3.05, 3.63) is 33.9 Å². The van der Waals surface area contributed by atoms with Crippen molar-refractivity contribution in [2.24, 2.45) is 5.92 Å². The lowest BCUT2D eigenvalue weighted by Crippen LogP contribution is -2.65. The van der Waals surface area contributed by atoms with Crippen LogP contribution < -0.4 is 9.47 Å². The van der Waals surface area contributed by atoms with Crippen molar-refractivity contribution in [3.63, 3.8) is 0 Å². The zero-order valence-electron chi connectivity index (χ0n) is 15.7. The minimum absolute atomic E-state index is 0.0308. The minimum atomic E-state index is -0.614. The summed E-state index contributed by atoms with van der Waals surface area (Å²) in [5, 5.41) is 21.3. The molecule has 5 atom stereocenters. The van der Waals surface area contributed by atoms with Crippen molar-refractivity contribution in [1.29, 1.82) is 0 Å². The van der Waals surface area contributed by atoms with Crippen molar-refractivity contribution in [3.8, 4) is 11.5 Å². The van der Waals surface area contributed by atoms with Gasteiger partial charge in [-0.3, -0.25) is 0 Å². The molecular weight excluding hydrogens is 346 g/mol. The van der Waals surface area contributed by atoms with Crippen LogP contribution in [0.1, 0.15) is 35.6 Å². The van der Waals surface area contributed by atoms with E-state index in [1.165, 1.54) is 11.1 Å². The number of hydrogen-bond acceptors (Lipinski definition) is 6. The second kappa shape index (κ2) is 5.26. The Hall–Kier alpha value is -1.60. The third-order valence-electron chi connectivity index (χ3n) is 7.71. The van der Waals surface area contributed by atoms with Crippen molar-refractivity contribution in [2.45, 2.75) is 56.6 Å². The maximum Gasteiger partial charge on any atom is 0.189 e. The maximum atomic E-state index is 11.0. The molecular formula is C21H25NO5. The van der Waals surface area contributed by atoms with Gasteiger partial charge in [-0.2, -0.15) is 0 Å². The lowest BCUT2D eigenvalue weighted by Gasteiger charge is -2.57. The molecule has 27 heavy (non-hydrogen) atoms.